The van der Waals surface area contributed by atoms with Gasteiger partial charge in [-0.3, -0.25) is 9.59 Å². The Morgan fingerprint density at radius 2 is 1.62 bits per heavy atom. The summed E-state index contributed by atoms with van der Waals surface area (Å²) in [6.07, 6.45) is -1.01. The van der Waals surface area contributed by atoms with Crippen LogP contribution in [0.25, 0.3) is 0 Å². The zero-order valence-electron chi connectivity index (χ0n) is 9.02. The van der Waals surface area contributed by atoms with Crippen molar-refractivity contribution in [2.24, 2.45) is 0 Å². The maximum atomic E-state index is 10.9. The highest BCUT2D eigenvalue weighted by Gasteiger charge is 2.19. The molecule has 0 amide bonds. The Bertz CT molecular complexity index is 387. The summed E-state index contributed by atoms with van der Waals surface area (Å²) in [6, 6.07) is 7.05. The largest absolute Gasteiger partial charge is 0.421 e. The summed E-state index contributed by atoms with van der Waals surface area (Å²) in [5.41, 5.74) is 0.588. The Kier molecular flexibility index (Phi) is 4.25. The van der Waals surface area contributed by atoms with Gasteiger partial charge in [0.2, 0.25) is 0 Å². The van der Waals surface area contributed by atoms with Crippen LogP contribution in [0.15, 0.2) is 24.3 Å². The fourth-order valence-electron chi connectivity index (χ4n) is 1.16. The number of benzene rings is 1. The smallest absolute Gasteiger partial charge is 0.305 e. The molecule has 0 atom stereocenters. The molecule has 5 heteroatoms. The highest BCUT2D eigenvalue weighted by atomic mass is 28.1. The van der Waals surface area contributed by atoms with Crippen molar-refractivity contribution >= 4 is 27.4 Å². The molecule has 0 aliphatic carbocycles. The Morgan fingerprint density at radius 1 is 1.12 bits per heavy atom. The van der Waals surface area contributed by atoms with Gasteiger partial charge in [-0.2, -0.15) is 0 Å². The molecule has 3 radical (unpaired) electrons. The average Bonchev–Trinajstić information content (AvgIpc) is 2.15. The summed E-state index contributed by atoms with van der Waals surface area (Å²) < 4.78 is 9.83. The lowest BCUT2D eigenvalue weighted by molar-refractivity contribution is -0.186. The lowest BCUT2D eigenvalue weighted by Gasteiger charge is -2.18. The van der Waals surface area contributed by atoms with Crippen molar-refractivity contribution < 1.29 is 19.1 Å². The molecule has 4 nitrogen and oxygen atoms in total. The van der Waals surface area contributed by atoms with E-state index in [1.54, 1.807) is 18.2 Å². The second kappa shape index (κ2) is 5.46. The number of hydrogen-bond acceptors (Lipinski definition) is 4. The molecule has 0 heterocycles. The molecule has 0 fully saturated rings. The maximum absolute atomic E-state index is 10.9. The molecule has 1 rings (SSSR count). The molecule has 0 aliphatic heterocycles. The summed E-state index contributed by atoms with van der Waals surface area (Å²) in [5, 5.41) is 0.704. The van der Waals surface area contributed by atoms with E-state index in [0.29, 0.717) is 10.8 Å². The van der Waals surface area contributed by atoms with Gasteiger partial charge in [0, 0.05) is 19.4 Å². The average molecular weight is 235 g/mol. The van der Waals surface area contributed by atoms with E-state index < -0.39 is 18.2 Å². The van der Waals surface area contributed by atoms with Gasteiger partial charge in [0.1, 0.15) is 0 Å². The molecular formula is C11H11O4Si. The number of rotatable bonds is 3. The Balaban J connectivity index is 2.96. The Hall–Kier alpha value is -1.62. The van der Waals surface area contributed by atoms with Crippen LogP contribution in [0.4, 0.5) is 0 Å². The lowest BCUT2D eigenvalue weighted by Crippen LogP contribution is -2.21. The third kappa shape index (κ3) is 3.51. The Labute approximate surface area is 97.0 Å². The van der Waals surface area contributed by atoms with Crippen molar-refractivity contribution in [3.63, 3.8) is 0 Å². The van der Waals surface area contributed by atoms with Crippen LogP contribution in [-0.2, 0) is 19.1 Å². The molecule has 1 aromatic carbocycles. The first-order valence-electron chi connectivity index (χ1n) is 4.65. The third-order valence-electron chi connectivity index (χ3n) is 1.76. The van der Waals surface area contributed by atoms with E-state index in [4.69, 9.17) is 9.47 Å². The first-order chi connectivity index (χ1) is 7.50. The number of ether oxygens (including phenoxy) is 2. The van der Waals surface area contributed by atoms with Gasteiger partial charge in [0.25, 0.3) is 6.29 Å². The molecule has 0 N–H and O–H groups in total. The number of carbonyl (C=O) groups is 2. The second-order valence-corrected chi connectivity index (χ2v) is 3.68. The van der Waals surface area contributed by atoms with Gasteiger partial charge in [0.05, 0.1) is 10.2 Å². The minimum absolute atomic E-state index is 0.513. The second-order valence-electron chi connectivity index (χ2n) is 3.14. The molecule has 0 aliphatic rings. The van der Waals surface area contributed by atoms with Crippen molar-refractivity contribution in [3.8, 4) is 0 Å². The predicted molar refractivity (Wildman–Crippen MR) is 58.1 cm³/mol. The first-order valence-corrected chi connectivity index (χ1v) is 5.15. The van der Waals surface area contributed by atoms with Gasteiger partial charge < -0.3 is 9.47 Å². The van der Waals surface area contributed by atoms with Crippen LogP contribution in [0.3, 0.4) is 0 Å². The van der Waals surface area contributed by atoms with Gasteiger partial charge in [0.15, 0.2) is 0 Å². The molecular weight excluding hydrogens is 224 g/mol. The monoisotopic (exact) mass is 235 g/mol. The van der Waals surface area contributed by atoms with Gasteiger partial charge >= 0.3 is 11.9 Å². The summed E-state index contributed by atoms with van der Waals surface area (Å²) in [4.78, 5) is 21.8. The SMILES string of the molecule is CC(=O)OC(OC(C)=O)c1ccccc1[Si]. The lowest BCUT2D eigenvalue weighted by atomic mass is 10.2. The fraction of sp³-hybridized carbons (Fsp3) is 0.273. The number of hydrogen-bond donors (Lipinski definition) is 0. The van der Waals surface area contributed by atoms with E-state index in [1.807, 2.05) is 6.07 Å². The topological polar surface area (TPSA) is 52.6 Å². The molecule has 0 saturated carbocycles. The molecule has 0 saturated heterocycles. The minimum atomic E-state index is -1.01. The van der Waals surface area contributed by atoms with Crippen molar-refractivity contribution in [2.75, 3.05) is 0 Å². The van der Waals surface area contributed by atoms with E-state index in [1.165, 1.54) is 13.8 Å². The standard InChI is InChI=1S/C11H11O4Si/c1-7(12)14-11(15-8(2)13)9-5-3-4-6-10(9)16/h3-6,11H,1-2H3. The summed E-state index contributed by atoms with van der Waals surface area (Å²) in [6.45, 7) is 2.51. The highest BCUT2D eigenvalue weighted by molar-refractivity contribution is 6.33. The van der Waals surface area contributed by atoms with E-state index in [9.17, 15) is 9.59 Å². The van der Waals surface area contributed by atoms with E-state index in [-0.39, 0.29) is 0 Å². The van der Waals surface area contributed by atoms with Crippen molar-refractivity contribution in [3.05, 3.63) is 29.8 Å². The summed E-state index contributed by atoms with van der Waals surface area (Å²) in [5.74, 6) is -1.03. The van der Waals surface area contributed by atoms with Crippen LogP contribution < -0.4 is 5.19 Å². The first kappa shape index (κ1) is 12.4. The van der Waals surface area contributed by atoms with Gasteiger partial charge in [-0.25, -0.2) is 0 Å². The van der Waals surface area contributed by atoms with Crippen LogP contribution in [0.5, 0.6) is 0 Å². The van der Waals surface area contributed by atoms with E-state index in [0.717, 1.165) is 0 Å². The van der Waals surface area contributed by atoms with E-state index >= 15 is 0 Å². The molecule has 0 spiro atoms. The highest BCUT2D eigenvalue weighted by Crippen LogP contribution is 2.17. The quantitative estimate of drug-likeness (QED) is 0.437. The van der Waals surface area contributed by atoms with Gasteiger partial charge in [-0.15, -0.1) is 0 Å². The molecule has 1 aromatic rings. The zero-order valence-corrected chi connectivity index (χ0v) is 10.0. The van der Waals surface area contributed by atoms with Crippen LogP contribution in [0.1, 0.15) is 25.7 Å². The van der Waals surface area contributed by atoms with Crippen LogP contribution in [0, 0.1) is 0 Å². The third-order valence-corrected chi connectivity index (χ3v) is 2.22. The predicted octanol–water partition coefficient (Wildman–Crippen LogP) is 0.605. The van der Waals surface area contributed by atoms with Crippen molar-refractivity contribution in [2.45, 2.75) is 20.1 Å². The zero-order chi connectivity index (χ0) is 12.1. The van der Waals surface area contributed by atoms with Crippen molar-refractivity contribution in [1.29, 1.82) is 0 Å². The summed E-state index contributed by atoms with van der Waals surface area (Å²) >= 11 is 0. The molecule has 83 valence electrons. The Morgan fingerprint density at radius 3 is 2.06 bits per heavy atom. The van der Waals surface area contributed by atoms with Gasteiger partial charge in [-0.1, -0.05) is 29.5 Å². The van der Waals surface area contributed by atoms with Crippen LogP contribution in [-0.4, -0.2) is 22.2 Å². The minimum Gasteiger partial charge on any atom is -0.421 e. The molecule has 0 unspecified atom stereocenters. The summed E-state index contributed by atoms with van der Waals surface area (Å²) in [7, 11) is 3.35. The molecule has 16 heavy (non-hydrogen) atoms. The number of carbonyl (C=O) groups excluding carboxylic acids is 2. The van der Waals surface area contributed by atoms with Crippen LogP contribution >= 0.6 is 0 Å². The molecule has 0 bridgehead atoms. The fourth-order valence-corrected chi connectivity index (χ4v) is 1.45. The molecule has 0 aromatic heterocycles. The number of esters is 2. The van der Waals surface area contributed by atoms with E-state index in [2.05, 4.69) is 10.2 Å². The van der Waals surface area contributed by atoms with Crippen molar-refractivity contribution in [1.82, 2.24) is 0 Å². The normalized spacial score (nSPS) is 10.0. The van der Waals surface area contributed by atoms with Gasteiger partial charge in [-0.05, 0) is 0 Å². The maximum Gasteiger partial charge on any atom is 0.305 e. The van der Waals surface area contributed by atoms with Crippen LogP contribution in [0.2, 0.25) is 0 Å².